The highest BCUT2D eigenvalue weighted by atomic mass is 35.5. The highest BCUT2D eigenvalue weighted by molar-refractivity contribution is 5.85. The molecule has 0 spiro atoms. The lowest BCUT2D eigenvalue weighted by Crippen LogP contribution is -2.26. The van der Waals surface area contributed by atoms with Crippen LogP contribution in [0.15, 0.2) is 66.9 Å². The van der Waals surface area contributed by atoms with Gasteiger partial charge in [0.1, 0.15) is 17.3 Å². The fourth-order valence-corrected chi connectivity index (χ4v) is 3.28. The Labute approximate surface area is 185 Å². The van der Waals surface area contributed by atoms with Crippen LogP contribution in [0.2, 0.25) is 0 Å². The number of rotatable bonds is 9. The summed E-state index contributed by atoms with van der Waals surface area (Å²) in [6.07, 6.45) is 1.86. The third kappa shape index (κ3) is 5.88. The molecule has 2 aromatic carbocycles. The van der Waals surface area contributed by atoms with Crippen molar-refractivity contribution in [1.29, 1.82) is 0 Å². The molecule has 3 aromatic rings. The quantitative estimate of drug-likeness (QED) is 0.520. The highest BCUT2D eigenvalue weighted by Gasteiger charge is 2.17. The number of methoxy groups -OCH3 is 2. The maximum absolute atomic E-state index is 5.30. The van der Waals surface area contributed by atoms with Crippen LogP contribution in [0.5, 0.6) is 11.5 Å². The standard InChI is InChI=1S/C24H29N3O2.ClH/c1-18(25-2)23-6-5-15-26-24(23)27(16-19-7-11-21(28-3)12-8-19)17-20-9-13-22(29-4)14-10-20;/h5-15,18,25H,16-17H2,1-4H3;1H. The fraction of sp³-hybridized carbons (Fsp3) is 0.292. The van der Waals surface area contributed by atoms with Crippen molar-refractivity contribution in [2.75, 3.05) is 26.2 Å². The summed E-state index contributed by atoms with van der Waals surface area (Å²) in [7, 11) is 5.34. The molecule has 160 valence electrons. The Morgan fingerprint density at radius 1 is 0.867 bits per heavy atom. The van der Waals surface area contributed by atoms with Crippen molar-refractivity contribution in [1.82, 2.24) is 10.3 Å². The largest absolute Gasteiger partial charge is 0.497 e. The number of pyridine rings is 1. The predicted octanol–water partition coefficient (Wildman–Crippen LogP) is 5.01. The molecule has 1 unspecified atom stereocenters. The van der Waals surface area contributed by atoms with Crippen LogP contribution in [0.4, 0.5) is 5.82 Å². The average Bonchev–Trinajstić information content (AvgIpc) is 2.79. The monoisotopic (exact) mass is 427 g/mol. The molecule has 1 atom stereocenters. The van der Waals surface area contributed by atoms with E-state index in [1.807, 2.05) is 43.6 Å². The smallest absolute Gasteiger partial charge is 0.133 e. The van der Waals surface area contributed by atoms with E-state index in [1.165, 1.54) is 16.7 Å². The first-order valence-electron chi connectivity index (χ1n) is 9.77. The van der Waals surface area contributed by atoms with E-state index in [9.17, 15) is 0 Å². The Morgan fingerprint density at radius 2 is 1.37 bits per heavy atom. The second-order valence-electron chi connectivity index (χ2n) is 6.98. The lowest BCUT2D eigenvalue weighted by atomic mass is 10.1. The number of hydrogen-bond donors (Lipinski definition) is 1. The van der Waals surface area contributed by atoms with E-state index >= 15 is 0 Å². The summed E-state index contributed by atoms with van der Waals surface area (Å²) < 4.78 is 10.6. The Kier molecular flexibility index (Phi) is 8.96. The maximum atomic E-state index is 5.30. The minimum Gasteiger partial charge on any atom is -0.497 e. The van der Waals surface area contributed by atoms with Crippen molar-refractivity contribution in [3.05, 3.63) is 83.6 Å². The van der Waals surface area contributed by atoms with Gasteiger partial charge in [0.2, 0.25) is 0 Å². The minimum atomic E-state index is 0. The van der Waals surface area contributed by atoms with E-state index in [1.54, 1.807) is 14.2 Å². The number of halogens is 1. The Morgan fingerprint density at radius 3 is 1.80 bits per heavy atom. The third-order valence-corrected chi connectivity index (χ3v) is 5.08. The van der Waals surface area contributed by atoms with Gasteiger partial charge < -0.3 is 19.7 Å². The summed E-state index contributed by atoms with van der Waals surface area (Å²) in [6.45, 7) is 3.65. The first kappa shape index (κ1) is 23.5. The van der Waals surface area contributed by atoms with Gasteiger partial charge >= 0.3 is 0 Å². The third-order valence-electron chi connectivity index (χ3n) is 5.08. The molecule has 0 aliphatic heterocycles. The Bertz CT molecular complexity index is 852. The van der Waals surface area contributed by atoms with Crippen molar-refractivity contribution in [2.45, 2.75) is 26.1 Å². The lowest BCUT2D eigenvalue weighted by Gasteiger charge is -2.28. The van der Waals surface area contributed by atoms with Gasteiger partial charge in [-0.1, -0.05) is 30.3 Å². The molecular formula is C24H30ClN3O2. The molecule has 0 saturated carbocycles. The first-order valence-corrected chi connectivity index (χ1v) is 9.77. The lowest BCUT2D eigenvalue weighted by molar-refractivity contribution is 0.414. The van der Waals surface area contributed by atoms with Crippen molar-refractivity contribution in [3.8, 4) is 11.5 Å². The Hall–Kier alpha value is -2.76. The molecule has 0 aliphatic carbocycles. The van der Waals surface area contributed by atoms with E-state index in [0.29, 0.717) is 0 Å². The number of ether oxygens (including phenoxy) is 2. The molecular weight excluding hydrogens is 398 g/mol. The summed E-state index contributed by atoms with van der Waals surface area (Å²) in [5, 5.41) is 3.33. The first-order chi connectivity index (χ1) is 14.1. The summed E-state index contributed by atoms with van der Waals surface area (Å²) >= 11 is 0. The number of nitrogens with one attached hydrogen (secondary N) is 1. The number of hydrogen-bond acceptors (Lipinski definition) is 5. The summed E-state index contributed by atoms with van der Waals surface area (Å²) in [5.74, 6) is 2.71. The summed E-state index contributed by atoms with van der Waals surface area (Å²) in [6, 6.07) is 20.7. The highest BCUT2D eigenvalue weighted by Crippen LogP contribution is 2.27. The molecule has 0 radical (unpaired) electrons. The molecule has 0 saturated heterocycles. The molecule has 0 amide bonds. The number of aromatic nitrogens is 1. The zero-order valence-corrected chi connectivity index (χ0v) is 18.8. The van der Waals surface area contributed by atoms with Crippen LogP contribution >= 0.6 is 12.4 Å². The average molecular weight is 428 g/mol. The number of nitrogens with zero attached hydrogens (tertiary/aromatic N) is 2. The normalized spacial score (nSPS) is 11.3. The van der Waals surface area contributed by atoms with Crippen LogP contribution in [-0.2, 0) is 13.1 Å². The molecule has 30 heavy (non-hydrogen) atoms. The molecule has 6 heteroatoms. The zero-order valence-electron chi connectivity index (χ0n) is 18.0. The summed E-state index contributed by atoms with van der Waals surface area (Å²) in [5.41, 5.74) is 3.58. The van der Waals surface area contributed by atoms with Gasteiger partial charge in [-0.3, -0.25) is 0 Å². The van der Waals surface area contributed by atoms with Crippen LogP contribution in [0.3, 0.4) is 0 Å². The summed E-state index contributed by atoms with van der Waals surface area (Å²) in [4.78, 5) is 7.06. The van der Waals surface area contributed by atoms with Crippen LogP contribution in [0.25, 0.3) is 0 Å². The van der Waals surface area contributed by atoms with Crippen molar-refractivity contribution in [2.24, 2.45) is 0 Å². The molecule has 0 fully saturated rings. The maximum Gasteiger partial charge on any atom is 0.133 e. The second kappa shape index (κ2) is 11.4. The molecule has 1 N–H and O–H groups in total. The van der Waals surface area contributed by atoms with Crippen molar-refractivity contribution in [3.63, 3.8) is 0 Å². The molecule has 1 aromatic heterocycles. The van der Waals surface area contributed by atoms with Crippen molar-refractivity contribution >= 4 is 18.2 Å². The Balaban J connectivity index is 0.00000320. The van der Waals surface area contributed by atoms with Gasteiger partial charge in [-0.25, -0.2) is 4.98 Å². The molecule has 3 rings (SSSR count). The van der Waals surface area contributed by atoms with E-state index < -0.39 is 0 Å². The van der Waals surface area contributed by atoms with Gasteiger partial charge in [0.25, 0.3) is 0 Å². The zero-order chi connectivity index (χ0) is 20.6. The van der Waals surface area contributed by atoms with Gasteiger partial charge in [-0.05, 0) is 55.4 Å². The van der Waals surface area contributed by atoms with Crippen molar-refractivity contribution < 1.29 is 9.47 Å². The predicted molar refractivity (Wildman–Crippen MR) is 125 cm³/mol. The molecule has 0 aliphatic rings. The number of benzene rings is 2. The van der Waals surface area contributed by atoms with E-state index in [-0.39, 0.29) is 18.4 Å². The van der Waals surface area contributed by atoms with Gasteiger partial charge in [-0.15, -0.1) is 12.4 Å². The van der Waals surface area contributed by atoms with Crippen LogP contribution in [0, 0.1) is 0 Å². The molecule has 1 heterocycles. The number of anilines is 1. The molecule has 5 nitrogen and oxygen atoms in total. The minimum absolute atomic E-state index is 0. The van der Waals surface area contributed by atoms with Gasteiger partial charge in [0.15, 0.2) is 0 Å². The van der Waals surface area contributed by atoms with Crippen LogP contribution in [-0.4, -0.2) is 26.3 Å². The van der Waals surface area contributed by atoms with Gasteiger partial charge in [0, 0.05) is 30.9 Å². The van der Waals surface area contributed by atoms with Gasteiger partial charge in [0.05, 0.1) is 14.2 Å². The van der Waals surface area contributed by atoms with Crippen LogP contribution < -0.4 is 19.7 Å². The topological polar surface area (TPSA) is 46.6 Å². The van der Waals surface area contributed by atoms with E-state index in [2.05, 4.69) is 47.5 Å². The fourth-order valence-electron chi connectivity index (χ4n) is 3.28. The second-order valence-corrected chi connectivity index (χ2v) is 6.98. The molecule has 0 bridgehead atoms. The van der Waals surface area contributed by atoms with E-state index in [0.717, 1.165) is 30.4 Å². The van der Waals surface area contributed by atoms with E-state index in [4.69, 9.17) is 14.5 Å². The SMILES string of the molecule is CNC(C)c1cccnc1N(Cc1ccc(OC)cc1)Cc1ccc(OC)cc1.Cl. The van der Waals surface area contributed by atoms with Crippen LogP contribution in [0.1, 0.15) is 29.7 Å². The van der Waals surface area contributed by atoms with Gasteiger partial charge in [-0.2, -0.15) is 0 Å².